The zero-order valence-electron chi connectivity index (χ0n) is 13.1. The van der Waals surface area contributed by atoms with E-state index in [0.717, 1.165) is 31.7 Å². The highest BCUT2D eigenvalue weighted by Gasteiger charge is 2.17. The van der Waals surface area contributed by atoms with Crippen molar-refractivity contribution in [2.24, 2.45) is 0 Å². The number of benzene rings is 1. The molecule has 108 valence electrons. The van der Waals surface area contributed by atoms with Gasteiger partial charge in [0.2, 0.25) is 0 Å². The first-order valence-electron chi connectivity index (χ1n) is 7.50. The van der Waals surface area contributed by atoms with Crippen LogP contribution < -0.4 is 10.1 Å². The second-order valence-electron chi connectivity index (χ2n) is 5.74. The Balaban J connectivity index is 2.57. The molecule has 1 aromatic rings. The van der Waals surface area contributed by atoms with E-state index in [1.807, 2.05) is 0 Å². The van der Waals surface area contributed by atoms with E-state index in [0.29, 0.717) is 6.04 Å². The Morgan fingerprint density at radius 2 is 1.74 bits per heavy atom. The van der Waals surface area contributed by atoms with Gasteiger partial charge >= 0.3 is 0 Å². The predicted octanol–water partition coefficient (Wildman–Crippen LogP) is 4.14. The SMILES string of the molecule is CCNC(CC)COc1ccc(C(C)(C)CC)cc1. The molecule has 0 radical (unpaired) electrons. The van der Waals surface area contributed by atoms with Crippen molar-refractivity contribution in [3.05, 3.63) is 29.8 Å². The fourth-order valence-corrected chi connectivity index (χ4v) is 2.01. The second kappa shape index (κ2) is 7.54. The Morgan fingerprint density at radius 3 is 2.21 bits per heavy atom. The molecule has 2 nitrogen and oxygen atoms in total. The Hall–Kier alpha value is -1.02. The van der Waals surface area contributed by atoms with Crippen LogP contribution in [-0.4, -0.2) is 19.2 Å². The van der Waals surface area contributed by atoms with E-state index in [1.54, 1.807) is 0 Å². The smallest absolute Gasteiger partial charge is 0.119 e. The Morgan fingerprint density at radius 1 is 1.11 bits per heavy atom. The van der Waals surface area contributed by atoms with Gasteiger partial charge in [-0.1, -0.05) is 46.8 Å². The van der Waals surface area contributed by atoms with E-state index in [2.05, 4.69) is 64.2 Å². The molecule has 19 heavy (non-hydrogen) atoms. The lowest BCUT2D eigenvalue weighted by atomic mass is 9.82. The summed E-state index contributed by atoms with van der Waals surface area (Å²) in [6, 6.07) is 8.99. The highest BCUT2D eigenvalue weighted by molar-refractivity contribution is 5.31. The Kier molecular flexibility index (Phi) is 6.36. The van der Waals surface area contributed by atoms with Crippen LogP contribution in [0.25, 0.3) is 0 Å². The Bertz CT molecular complexity index is 356. The van der Waals surface area contributed by atoms with Gasteiger partial charge in [0.1, 0.15) is 12.4 Å². The van der Waals surface area contributed by atoms with Crippen molar-refractivity contribution in [1.82, 2.24) is 5.32 Å². The first-order chi connectivity index (χ1) is 9.03. The molecule has 0 aliphatic carbocycles. The molecule has 0 saturated heterocycles. The van der Waals surface area contributed by atoms with Gasteiger partial charge in [-0.3, -0.25) is 0 Å². The summed E-state index contributed by atoms with van der Waals surface area (Å²) in [6.45, 7) is 12.8. The van der Waals surface area contributed by atoms with Crippen LogP contribution in [0.15, 0.2) is 24.3 Å². The van der Waals surface area contributed by atoms with Crippen molar-refractivity contribution in [2.75, 3.05) is 13.2 Å². The highest BCUT2D eigenvalue weighted by Crippen LogP contribution is 2.28. The van der Waals surface area contributed by atoms with Crippen molar-refractivity contribution in [2.45, 2.75) is 58.9 Å². The van der Waals surface area contributed by atoms with Gasteiger partial charge < -0.3 is 10.1 Å². The third-order valence-corrected chi connectivity index (χ3v) is 3.96. The molecule has 0 bridgehead atoms. The summed E-state index contributed by atoms with van der Waals surface area (Å²) in [4.78, 5) is 0. The largest absolute Gasteiger partial charge is 0.492 e. The average Bonchev–Trinajstić information content (AvgIpc) is 2.44. The summed E-state index contributed by atoms with van der Waals surface area (Å²) in [5.41, 5.74) is 1.62. The summed E-state index contributed by atoms with van der Waals surface area (Å²) in [5.74, 6) is 0.965. The average molecular weight is 263 g/mol. The third kappa shape index (κ3) is 4.87. The van der Waals surface area contributed by atoms with Crippen LogP contribution in [-0.2, 0) is 5.41 Å². The normalized spacial score (nSPS) is 13.3. The maximum absolute atomic E-state index is 5.85. The maximum atomic E-state index is 5.85. The van der Waals surface area contributed by atoms with Gasteiger partial charge in [-0.15, -0.1) is 0 Å². The van der Waals surface area contributed by atoms with Crippen LogP contribution in [0, 0.1) is 0 Å². The standard InChI is InChI=1S/C17H29NO/c1-6-15(18-8-3)13-19-16-11-9-14(10-12-16)17(4,5)7-2/h9-12,15,18H,6-8,13H2,1-5H3. The maximum Gasteiger partial charge on any atom is 0.119 e. The number of hydrogen-bond acceptors (Lipinski definition) is 2. The molecule has 0 aliphatic heterocycles. The van der Waals surface area contributed by atoms with Crippen molar-refractivity contribution in [3.63, 3.8) is 0 Å². The molecule has 0 spiro atoms. The second-order valence-corrected chi connectivity index (χ2v) is 5.74. The van der Waals surface area contributed by atoms with E-state index < -0.39 is 0 Å². The van der Waals surface area contributed by atoms with Gasteiger partial charge in [0.25, 0.3) is 0 Å². The van der Waals surface area contributed by atoms with Gasteiger partial charge in [0.05, 0.1) is 0 Å². The lowest BCUT2D eigenvalue weighted by molar-refractivity contribution is 0.262. The van der Waals surface area contributed by atoms with E-state index in [-0.39, 0.29) is 5.41 Å². The first kappa shape index (κ1) is 16.0. The zero-order chi connectivity index (χ0) is 14.3. The topological polar surface area (TPSA) is 21.3 Å². The van der Waals surface area contributed by atoms with E-state index in [1.165, 1.54) is 5.56 Å². The minimum absolute atomic E-state index is 0.244. The molecule has 0 saturated carbocycles. The van der Waals surface area contributed by atoms with Crippen LogP contribution in [0.4, 0.5) is 0 Å². The van der Waals surface area contributed by atoms with Crippen LogP contribution in [0.2, 0.25) is 0 Å². The lowest BCUT2D eigenvalue weighted by Gasteiger charge is -2.23. The monoisotopic (exact) mass is 263 g/mol. The molecule has 1 rings (SSSR count). The number of ether oxygens (including phenoxy) is 1. The molecule has 0 amide bonds. The van der Waals surface area contributed by atoms with Gasteiger partial charge in [0, 0.05) is 6.04 Å². The fraction of sp³-hybridized carbons (Fsp3) is 0.647. The van der Waals surface area contributed by atoms with Crippen molar-refractivity contribution in [1.29, 1.82) is 0 Å². The van der Waals surface area contributed by atoms with E-state index in [4.69, 9.17) is 4.74 Å². The molecule has 0 heterocycles. The number of nitrogens with one attached hydrogen (secondary N) is 1. The summed E-state index contributed by atoms with van der Waals surface area (Å²) >= 11 is 0. The van der Waals surface area contributed by atoms with Crippen molar-refractivity contribution in [3.8, 4) is 5.75 Å². The number of hydrogen-bond donors (Lipinski definition) is 1. The van der Waals surface area contributed by atoms with Gasteiger partial charge in [0.15, 0.2) is 0 Å². The molecule has 0 fully saturated rings. The molecule has 1 N–H and O–H groups in total. The molecule has 0 aliphatic rings. The van der Waals surface area contributed by atoms with Gasteiger partial charge in [-0.2, -0.15) is 0 Å². The molecule has 1 atom stereocenters. The van der Waals surface area contributed by atoms with Crippen LogP contribution in [0.5, 0.6) is 5.75 Å². The fourth-order valence-electron chi connectivity index (χ4n) is 2.01. The quantitative estimate of drug-likeness (QED) is 0.761. The zero-order valence-corrected chi connectivity index (χ0v) is 13.1. The van der Waals surface area contributed by atoms with Gasteiger partial charge in [-0.05, 0) is 42.5 Å². The molecular formula is C17H29NO. The summed E-state index contributed by atoms with van der Waals surface area (Å²) in [5, 5.41) is 3.42. The van der Waals surface area contributed by atoms with E-state index in [9.17, 15) is 0 Å². The van der Waals surface area contributed by atoms with Crippen LogP contribution >= 0.6 is 0 Å². The summed E-state index contributed by atoms with van der Waals surface area (Å²) in [6.07, 6.45) is 2.24. The molecular weight excluding hydrogens is 234 g/mol. The van der Waals surface area contributed by atoms with Gasteiger partial charge in [-0.25, -0.2) is 0 Å². The predicted molar refractivity (Wildman–Crippen MR) is 83.0 cm³/mol. The molecule has 1 unspecified atom stereocenters. The van der Waals surface area contributed by atoms with Crippen molar-refractivity contribution >= 4 is 0 Å². The van der Waals surface area contributed by atoms with Crippen molar-refractivity contribution < 1.29 is 4.74 Å². The Labute approximate surface area is 118 Å². The summed E-state index contributed by atoms with van der Waals surface area (Å²) < 4.78 is 5.85. The number of rotatable bonds is 8. The third-order valence-electron chi connectivity index (χ3n) is 3.96. The molecule has 1 aromatic carbocycles. The lowest BCUT2D eigenvalue weighted by Crippen LogP contribution is -2.33. The van der Waals surface area contributed by atoms with E-state index >= 15 is 0 Å². The van der Waals surface area contributed by atoms with Crippen LogP contribution in [0.3, 0.4) is 0 Å². The molecule has 0 aromatic heterocycles. The number of likely N-dealkylation sites (N-methyl/N-ethyl adjacent to an activating group) is 1. The summed E-state index contributed by atoms with van der Waals surface area (Å²) in [7, 11) is 0. The highest BCUT2D eigenvalue weighted by atomic mass is 16.5. The first-order valence-corrected chi connectivity index (χ1v) is 7.50. The van der Waals surface area contributed by atoms with Crippen LogP contribution in [0.1, 0.15) is 53.0 Å². The minimum atomic E-state index is 0.244. The minimum Gasteiger partial charge on any atom is -0.492 e. The molecule has 2 heteroatoms.